The molecule has 15 atom stereocenters. The molecule has 9 amide bonds. The zero-order valence-electron chi connectivity index (χ0n) is 57.4. The van der Waals surface area contributed by atoms with Crippen LogP contribution in [-0.2, 0) is 85.8 Å². The Balaban J connectivity index is 1.36. The topological polar surface area (TPSA) is 539 Å². The summed E-state index contributed by atoms with van der Waals surface area (Å²) in [5.74, 6) is -3.01. The fourth-order valence-corrected chi connectivity index (χ4v) is 10.4. The van der Waals surface area contributed by atoms with Gasteiger partial charge >= 0.3 is 0 Å². The van der Waals surface area contributed by atoms with Crippen molar-refractivity contribution in [2.24, 2.45) is 0 Å². The molecule has 0 saturated carbocycles. The van der Waals surface area contributed by atoms with Crippen LogP contribution in [0, 0.1) is 0 Å². The third kappa shape index (κ3) is 34.8. The van der Waals surface area contributed by atoms with Crippen LogP contribution in [0.15, 0.2) is 0 Å². The molecule has 3 heterocycles. The molecule has 0 aromatic heterocycles. The molecule has 9 unspecified atom stereocenters. The van der Waals surface area contributed by atoms with Crippen molar-refractivity contribution in [3.63, 3.8) is 0 Å². The van der Waals surface area contributed by atoms with Gasteiger partial charge < -0.3 is 142 Å². The van der Waals surface area contributed by atoms with Gasteiger partial charge in [0, 0.05) is 118 Å². The lowest BCUT2D eigenvalue weighted by atomic mass is 9.97. The molecule has 0 aromatic rings. The van der Waals surface area contributed by atoms with Gasteiger partial charge in [-0.05, 0) is 64.8 Å². The highest BCUT2D eigenvalue weighted by Gasteiger charge is 2.48. The van der Waals surface area contributed by atoms with Crippen LogP contribution in [0.5, 0.6) is 0 Å². The highest BCUT2D eigenvalue weighted by molar-refractivity contribution is 5.78. The van der Waals surface area contributed by atoms with Crippen molar-refractivity contribution in [3.05, 3.63) is 0 Å². The number of amides is 9. The number of aliphatic hydroxyl groups is 9. The SMILES string of the molecule is CNC(COCCC(=O)NCCCNC(=O)CCCCO[C@@H]1OC(CO)[C@H](O)C(O)C1NC(C)=O)(COCCC(=O)NCCCNC(=O)CCCCO[C@@H]1OC(CO)[C@H](O)C(O)C1NC(C)=O)COCCC(=O)NCCCNC(=O)CCCCO[C@@H]1OC(CO)[C@H](O)C(O)C1NC(C)=O. The quantitative estimate of drug-likeness (QED) is 0.0252. The first-order valence-corrected chi connectivity index (χ1v) is 33.9. The van der Waals surface area contributed by atoms with Crippen molar-refractivity contribution < 1.29 is 132 Å². The Hall–Kier alpha value is -5.53. The van der Waals surface area contributed by atoms with Gasteiger partial charge in [0.2, 0.25) is 53.2 Å². The second kappa shape index (κ2) is 49.9. The van der Waals surface area contributed by atoms with Crippen LogP contribution >= 0.6 is 0 Å². The first-order chi connectivity index (χ1) is 47.4. The van der Waals surface area contributed by atoms with Gasteiger partial charge in [0.15, 0.2) is 18.9 Å². The largest absolute Gasteiger partial charge is 0.394 e. The van der Waals surface area contributed by atoms with E-state index in [2.05, 4.69) is 53.2 Å². The van der Waals surface area contributed by atoms with E-state index in [0.717, 1.165) is 0 Å². The monoisotopic (exact) mass is 1430 g/mol. The molecule has 0 aromatic carbocycles. The number of ether oxygens (including phenoxy) is 9. The van der Waals surface area contributed by atoms with E-state index in [1.165, 1.54) is 20.8 Å². The number of hydrogen-bond donors (Lipinski definition) is 19. The number of aliphatic hydroxyl groups excluding tert-OH is 9. The van der Waals surface area contributed by atoms with Gasteiger partial charge in [-0.3, -0.25) is 43.2 Å². The Morgan fingerprint density at radius 2 is 0.586 bits per heavy atom. The molecule has 3 rings (SSSR count). The van der Waals surface area contributed by atoms with Crippen LogP contribution in [0.4, 0.5) is 0 Å². The van der Waals surface area contributed by atoms with E-state index in [0.29, 0.717) is 77.4 Å². The summed E-state index contributed by atoms with van der Waals surface area (Å²) in [6.07, 6.45) is -11.0. The minimum absolute atomic E-state index is 0.00567. The van der Waals surface area contributed by atoms with E-state index in [-0.39, 0.29) is 153 Å². The summed E-state index contributed by atoms with van der Waals surface area (Å²) in [6.45, 7) is 3.94. The summed E-state index contributed by atoms with van der Waals surface area (Å²) in [5, 5.41) is 118. The van der Waals surface area contributed by atoms with E-state index >= 15 is 0 Å². The van der Waals surface area contributed by atoms with E-state index < -0.39 is 135 Å². The smallest absolute Gasteiger partial charge is 0.222 e. The summed E-state index contributed by atoms with van der Waals surface area (Å²) in [5.41, 5.74) is -0.999. The lowest BCUT2D eigenvalue weighted by Crippen LogP contribution is -2.64. The number of carbonyl (C=O) groups is 9. The molecule has 0 spiro atoms. The van der Waals surface area contributed by atoms with Crippen molar-refractivity contribution in [3.8, 4) is 0 Å². The van der Waals surface area contributed by atoms with Crippen LogP contribution < -0.4 is 53.2 Å². The minimum atomic E-state index is -1.44. The Bertz CT molecular complexity index is 2130. The number of carbonyl (C=O) groups excluding carboxylic acids is 9. The maximum absolute atomic E-state index is 12.7. The molecule has 37 heteroatoms. The summed E-state index contributed by atoms with van der Waals surface area (Å²) in [7, 11) is 1.66. The Labute approximate surface area is 576 Å². The van der Waals surface area contributed by atoms with E-state index in [4.69, 9.17) is 42.6 Å². The maximum atomic E-state index is 12.7. The molecule has 19 N–H and O–H groups in total. The lowest BCUT2D eigenvalue weighted by Gasteiger charge is -2.42. The second-order valence-corrected chi connectivity index (χ2v) is 24.4. The maximum Gasteiger partial charge on any atom is 0.222 e. The van der Waals surface area contributed by atoms with E-state index in [9.17, 15) is 89.1 Å². The van der Waals surface area contributed by atoms with Crippen molar-refractivity contribution in [2.45, 2.75) is 215 Å². The van der Waals surface area contributed by atoms with Gasteiger partial charge in [0.05, 0.1) is 65.0 Å². The number of rotatable bonds is 52. The fourth-order valence-electron chi connectivity index (χ4n) is 10.4. The Morgan fingerprint density at radius 1 is 0.343 bits per heavy atom. The Morgan fingerprint density at radius 3 is 0.808 bits per heavy atom. The number of hydrogen-bond acceptors (Lipinski definition) is 28. The van der Waals surface area contributed by atoms with Crippen LogP contribution in [0.3, 0.4) is 0 Å². The molecule has 0 aliphatic carbocycles. The molecule has 3 aliphatic heterocycles. The van der Waals surface area contributed by atoms with Crippen molar-refractivity contribution in [1.29, 1.82) is 0 Å². The normalized spacial score (nSPS) is 25.8. The molecule has 3 saturated heterocycles. The summed E-state index contributed by atoms with van der Waals surface area (Å²) < 4.78 is 51.5. The molecular formula is C62H112N10O27. The first kappa shape index (κ1) is 87.7. The van der Waals surface area contributed by atoms with Gasteiger partial charge in [-0.2, -0.15) is 0 Å². The summed E-state index contributed by atoms with van der Waals surface area (Å²) in [4.78, 5) is 111. The zero-order valence-corrected chi connectivity index (χ0v) is 57.4. The standard InChI is InChI=1S/C62H112N10O27/c1-38(76)70-50-56(88)53(85)41(32-73)97-59(50)94-26-8-5-14-44(79)64-20-11-23-67-47(82)17-29-91-35-62(63-4,36-92-30-18-48(83)68-24-12-21-65-45(80)15-6-9-27-95-60-51(71-39(2)77)57(89)54(86)42(33-74)98-60)37-93-31-19-49(84)69-25-13-22-66-46(81)16-7-10-28-96-61-52(72-40(3)78)58(90)55(87)43(34-75)99-61/h41-43,50-61,63,73-75,85-90H,5-37H2,1-4H3,(H,64,79)(H,65,80)(H,66,81)(H,67,82)(H,68,83)(H,69,84)(H,70,76)(H,71,77)(H,72,78)/t41?,42?,43?,50?,51?,52?,53-,54-,55-,56?,57?,58?,59+,60+,61+,62?/m0/s1. The number of unbranched alkanes of at least 4 members (excludes halogenated alkanes) is 3. The molecule has 3 aliphatic rings. The highest BCUT2D eigenvalue weighted by Crippen LogP contribution is 2.26. The second-order valence-electron chi connectivity index (χ2n) is 24.4. The average Bonchev–Trinajstić information content (AvgIpc) is 0.824. The van der Waals surface area contributed by atoms with Crippen molar-refractivity contribution in [1.82, 2.24) is 53.2 Å². The van der Waals surface area contributed by atoms with E-state index in [1.807, 2.05) is 0 Å². The molecule has 99 heavy (non-hydrogen) atoms. The van der Waals surface area contributed by atoms with Crippen LogP contribution in [0.25, 0.3) is 0 Å². The average molecular weight is 1430 g/mol. The van der Waals surface area contributed by atoms with Gasteiger partial charge in [0.1, 0.15) is 73.1 Å². The highest BCUT2D eigenvalue weighted by atomic mass is 16.7. The predicted octanol–water partition coefficient (Wildman–Crippen LogP) is -7.58. The van der Waals surface area contributed by atoms with Gasteiger partial charge in [-0.25, -0.2) is 0 Å². The molecule has 0 bridgehead atoms. The molecule has 572 valence electrons. The molecule has 3 fully saturated rings. The van der Waals surface area contributed by atoms with Gasteiger partial charge in [-0.1, -0.05) is 0 Å². The van der Waals surface area contributed by atoms with Crippen LogP contribution in [0.1, 0.15) is 117 Å². The summed E-state index contributed by atoms with van der Waals surface area (Å²) in [6, 6.07) is -3.22. The molecule has 0 radical (unpaired) electrons. The third-order valence-corrected chi connectivity index (χ3v) is 16.1. The van der Waals surface area contributed by atoms with E-state index in [1.54, 1.807) is 7.05 Å². The zero-order chi connectivity index (χ0) is 73.1. The predicted molar refractivity (Wildman–Crippen MR) is 346 cm³/mol. The first-order valence-electron chi connectivity index (χ1n) is 33.9. The van der Waals surface area contributed by atoms with Gasteiger partial charge in [0.25, 0.3) is 0 Å². The number of nitrogens with one attached hydrogen (secondary N) is 10. The fraction of sp³-hybridized carbons (Fsp3) is 0.855. The number of likely N-dealkylation sites (N-methyl/N-ethyl adjacent to an activating group) is 1. The van der Waals surface area contributed by atoms with Gasteiger partial charge in [-0.15, -0.1) is 0 Å². The molecule has 37 nitrogen and oxygen atoms in total. The van der Waals surface area contributed by atoms with Crippen LogP contribution in [0.2, 0.25) is 0 Å². The molecular weight excluding hydrogens is 1320 g/mol. The van der Waals surface area contributed by atoms with Crippen LogP contribution in [-0.4, -0.2) is 322 Å². The van der Waals surface area contributed by atoms with Crippen molar-refractivity contribution >= 4 is 53.2 Å². The van der Waals surface area contributed by atoms with Crippen molar-refractivity contribution in [2.75, 3.05) is 126 Å². The Kier molecular flexibility index (Phi) is 44.2. The third-order valence-electron chi connectivity index (χ3n) is 16.1. The summed E-state index contributed by atoms with van der Waals surface area (Å²) >= 11 is 0. The minimum Gasteiger partial charge on any atom is -0.394 e. The lowest BCUT2D eigenvalue weighted by molar-refractivity contribution is -0.270.